The fourth-order valence-electron chi connectivity index (χ4n) is 3.51. The molecule has 2 heteroatoms. The van der Waals surface area contributed by atoms with Crippen LogP contribution >= 0.6 is 0 Å². The van der Waals surface area contributed by atoms with E-state index in [-0.39, 0.29) is 5.54 Å². The van der Waals surface area contributed by atoms with Crippen molar-refractivity contribution in [2.24, 2.45) is 0 Å². The van der Waals surface area contributed by atoms with Crippen molar-refractivity contribution in [3.05, 3.63) is 35.9 Å². The van der Waals surface area contributed by atoms with E-state index in [1.165, 1.54) is 18.4 Å². The Morgan fingerprint density at radius 2 is 1.72 bits per heavy atom. The van der Waals surface area contributed by atoms with Gasteiger partial charge in [-0.25, -0.2) is 4.79 Å². The van der Waals surface area contributed by atoms with Gasteiger partial charge in [0.25, 0.3) is 0 Å². The van der Waals surface area contributed by atoms with Crippen molar-refractivity contribution >= 4 is 5.91 Å². The van der Waals surface area contributed by atoms with Crippen molar-refractivity contribution in [3.63, 3.8) is 0 Å². The fourth-order valence-corrected chi connectivity index (χ4v) is 3.51. The quantitative estimate of drug-likeness (QED) is 0.746. The van der Waals surface area contributed by atoms with E-state index < -0.39 is 0 Å². The third-order valence-corrected chi connectivity index (χ3v) is 4.74. The molecule has 0 heterocycles. The Hall–Kier alpha value is -1.15. The smallest absolute Gasteiger partial charge is 0.257 e. The van der Waals surface area contributed by atoms with E-state index in [1.54, 1.807) is 0 Å². The van der Waals surface area contributed by atoms with Crippen molar-refractivity contribution in [2.75, 3.05) is 14.1 Å². The number of rotatable bonds is 3. The van der Waals surface area contributed by atoms with Crippen LogP contribution in [-0.4, -0.2) is 24.5 Å². The highest BCUT2D eigenvalue weighted by molar-refractivity contribution is 5.69. The molecule has 2 nitrogen and oxygen atoms in total. The van der Waals surface area contributed by atoms with Crippen LogP contribution in [0, 0.1) is 0 Å². The maximum absolute atomic E-state index is 12.4. The molecule has 1 aliphatic carbocycles. The Labute approximate surface area is 110 Å². The van der Waals surface area contributed by atoms with Gasteiger partial charge in [0.2, 0.25) is 0 Å². The summed E-state index contributed by atoms with van der Waals surface area (Å²) in [5.74, 6) is 0.334. The molecule has 0 atom stereocenters. The molecule has 1 fully saturated rings. The van der Waals surface area contributed by atoms with Gasteiger partial charge in [0, 0.05) is 18.4 Å². The van der Waals surface area contributed by atoms with Crippen molar-refractivity contribution in [2.45, 2.75) is 44.6 Å². The van der Waals surface area contributed by atoms with E-state index >= 15 is 0 Å². The SMILES string of the molecule is CCC(=O)[N+](C)(C)C1(c2ccccc2)CCCC1. The molecule has 0 N–H and O–H groups in total. The van der Waals surface area contributed by atoms with Crippen LogP contribution in [0.1, 0.15) is 44.6 Å². The zero-order chi connectivity index (χ0) is 13.2. The molecule has 18 heavy (non-hydrogen) atoms. The van der Waals surface area contributed by atoms with Crippen LogP contribution in [0.4, 0.5) is 0 Å². The second-order valence-corrected chi connectivity index (χ2v) is 5.81. The van der Waals surface area contributed by atoms with Crippen LogP contribution in [0.3, 0.4) is 0 Å². The molecule has 0 spiro atoms. The van der Waals surface area contributed by atoms with Crippen molar-refractivity contribution < 1.29 is 9.28 Å². The monoisotopic (exact) mass is 246 g/mol. The van der Waals surface area contributed by atoms with Crippen LogP contribution in [0.5, 0.6) is 0 Å². The number of nitrogens with zero attached hydrogens (tertiary/aromatic N) is 1. The molecule has 0 aromatic heterocycles. The first-order valence-corrected chi connectivity index (χ1v) is 6.97. The minimum atomic E-state index is -0.00560. The first kappa shape index (κ1) is 13.3. The van der Waals surface area contributed by atoms with Gasteiger partial charge in [-0.1, -0.05) is 37.3 Å². The number of amides is 1. The summed E-state index contributed by atoms with van der Waals surface area (Å²) >= 11 is 0. The van der Waals surface area contributed by atoms with E-state index in [0.717, 1.165) is 12.8 Å². The molecule has 1 amide bonds. The summed E-state index contributed by atoms with van der Waals surface area (Å²) in [7, 11) is 4.17. The third kappa shape index (κ3) is 1.89. The molecule has 1 saturated carbocycles. The van der Waals surface area contributed by atoms with E-state index in [1.807, 2.05) is 13.0 Å². The van der Waals surface area contributed by atoms with Gasteiger partial charge in [-0.2, -0.15) is 0 Å². The van der Waals surface area contributed by atoms with Crippen LogP contribution in [0.15, 0.2) is 30.3 Å². The predicted octanol–water partition coefficient (Wildman–Crippen LogP) is 3.47. The molecule has 0 aliphatic heterocycles. The Morgan fingerprint density at radius 1 is 1.17 bits per heavy atom. The molecule has 0 unspecified atom stereocenters. The van der Waals surface area contributed by atoms with Crippen LogP contribution in [-0.2, 0) is 10.3 Å². The Balaban J connectivity index is 2.48. The summed E-state index contributed by atoms with van der Waals surface area (Å²) in [6.45, 7) is 1.97. The Kier molecular flexibility index (Phi) is 3.58. The topological polar surface area (TPSA) is 17.1 Å². The number of quaternary nitrogens is 1. The molecule has 98 valence electrons. The highest BCUT2D eigenvalue weighted by atomic mass is 16.2. The van der Waals surface area contributed by atoms with E-state index in [9.17, 15) is 4.79 Å². The Bertz CT molecular complexity index is 416. The molecule has 0 saturated heterocycles. The van der Waals surface area contributed by atoms with Crippen LogP contribution in [0.25, 0.3) is 0 Å². The molecular formula is C16H24NO+. The summed E-state index contributed by atoms with van der Waals surface area (Å²) in [6.07, 6.45) is 5.31. The summed E-state index contributed by atoms with van der Waals surface area (Å²) in [5, 5.41) is 0. The maximum atomic E-state index is 12.4. The molecular weight excluding hydrogens is 222 g/mol. The van der Waals surface area contributed by atoms with Crippen LogP contribution in [0.2, 0.25) is 0 Å². The summed E-state index contributed by atoms with van der Waals surface area (Å²) in [5.41, 5.74) is 1.32. The lowest BCUT2D eigenvalue weighted by atomic mass is 9.84. The predicted molar refractivity (Wildman–Crippen MR) is 74.0 cm³/mol. The minimum absolute atomic E-state index is 0.00560. The van der Waals surface area contributed by atoms with Crippen molar-refractivity contribution in [1.29, 1.82) is 0 Å². The van der Waals surface area contributed by atoms with E-state index in [2.05, 4.69) is 38.4 Å². The number of carbonyl (C=O) groups excluding carboxylic acids is 1. The first-order valence-electron chi connectivity index (χ1n) is 6.97. The van der Waals surface area contributed by atoms with Gasteiger partial charge in [0.1, 0.15) is 5.54 Å². The zero-order valence-corrected chi connectivity index (χ0v) is 11.8. The zero-order valence-electron chi connectivity index (χ0n) is 11.8. The Morgan fingerprint density at radius 3 is 2.22 bits per heavy atom. The summed E-state index contributed by atoms with van der Waals surface area (Å²) in [6, 6.07) is 10.6. The van der Waals surface area contributed by atoms with Gasteiger partial charge >= 0.3 is 5.91 Å². The number of carbonyl (C=O) groups is 1. The van der Waals surface area contributed by atoms with Gasteiger partial charge in [-0.05, 0) is 12.8 Å². The standard InChI is InChI=1S/C16H24NO/c1-4-15(18)17(2,3)16(12-8-9-13-16)14-10-6-5-7-11-14/h5-7,10-11H,4,8-9,12-13H2,1-3H3/q+1. The summed E-state index contributed by atoms with van der Waals surface area (Å²) < 4.78 is 0.494. The van der Waals surface area contributed by atoms with Gasteiger partial charge in [-0.3, -0.25) is 4.48 Å². The largest absolute Gasteiger partial charge is 0.313 e. The van der Waals surface area contributed by atoms with E-state index in [0.29, 0.717) is 16.8 Å². The second-order valence-electron chi connectivity index (χ2n) is 5.81. The molecule has 1 aliphatic rings. The first-order chi connectivity index (χ1) is 8.54. The number of hydrogen-bond acceptors (Lipinski definition) is 1. The highest BCUT2D eigenvalue weighted by Gasteiger charge is 2.52. The normalized spacial score (nSPS) is 18.8. The molecule has 2 rings (SSSR count). The average Bonchev–Trinajstić information content (AvgIpc) is 2.89. The third-order valence-electron chi connectivity index (χ3n) is 4.74. The minimum Gasteiger partial charge on any atom is -0.257 e. The fraction of sp³-hybridized carbons (Fsp3) is 0.562. The van der Waals surface area contributed by atoms with Crippen molar-refractivity contribution in [3.8, 4) is 0 Å². The lowest BCUT2D eigenvalue weighted by Gasteiger charge is -2.45. The second kappa shape index (κ2) is 4.85. The van der Waals surface area contributed by atoms with Gasteiger partial charge < -0.3 is 0 Å². The van der Waals surface area contributed by atoms with E-state index in [4.69, 9.17) is 0 Å². The number of hydrogen-bond donors (Lipinski definition) is 0. The maximum Gasteiger partial charge on any atom is 0.313 e. The summed E-state index contributed by atoms with van der Waals surface area (Å²) in [4.78, 5) is 12.4. The molecule has 1 aromatic rings. The lowest BCUT2D eigenvalue weighted by Crippen LogP contribution is -2.59. The highest BCUT2D eigenvalue weighted by Crippen LogP contribution is 2.46. The average molecular weight is 246 g/mol. The van der Waals surface area contributed by atoms with Gasteiger partial charge in [0.05, 0.1) is 20.5 Å². The molecule has 1 aromatic carbocycles. The number of benzene rings is 1. The molecule has 0 radical (unpaired) electrons. The van der Waals surface area contributed by atoms with Gasteiger partial charge in [-0.15, -0.1) is 0 Å². The van der Waals surface area contributed by atoms with Crippen LogP contribution < -0.4 is 0 Å². The molecule has 0 bridgehead atoms. The lowest BCUT2D eigenvalue weighted by molar-refractivity contribution is -0.878. The van der Waals surface area contributed by atoms with Crippen molar-refractivity contribution in [1.82, 2.24) is 0 Å². The van der Waals surface area contributed by atoms with Gasteiger partial charge in [0.15, 0.2) is 0 Å².